The Bertz CT molecular complexity index is 985. The molecule has 0 bridgehead atoms. The fraction of sp³-hybridized carbons (Fsp3) is 0.304. The van der Waals surface area contributed by atoms with Crippen LogP contribution < -0.4 is 5.32 Å². The van der Waals surface area contributed by atoms with Gasteiger partial charge in [-0.3, -0.25) is 4.79 Å². The van der Waals surface area contributed by atoms with Gasteiger partial charge in [0.25, 0.3) is 0 Å². The van der Waals surface area contributed by atoms with Crippen LogP contribution in [0, 0.1) is 12.7 Å². The molecule has 1 heterocycles. The molecule has 0 saturated carbocycles. The summed E-state index contributed by atoms with van der Waals surface area (Å²) in [6, 6.07) is 14.1. The second kappa shape index (κ2) is 9.70. The SMILES string of the molecule is CCCCc1nn(-c2ccccc2)c(C)c1CC(=O)NCc1ccc(F)cc1Cl. The zero-order valence-corrected chi connectivity index (χ0v) is 17.5. The third kappa shape index (κ3) is 5.24. The van der Waals surface area contributed by atoms with Crippen molar-refractivity contribution < 1.29 is 9.18 Å². The maximum atomic E-state index is 13.2. The molecule has 0 fully saturated rings. The Labute approximate surface area is 175 Å². The van der Waals surface area contributed by atoms with E-state index in [9.17, 15) is 9.18 Å². The number of nitrogens with zero attached hydrogens (tertiary/aromatic N) is 2. The fourth-order valence-electron chi connectivity index (χ4n) is 3.27. The van der Waals surface area contributed by atoms with Crippen molar-refractivity contribution in [3.8, 4) is 5.69 Å². The predicted molar refractivity (Wildman–Crippen MR) is 114 cm³/mol. The van der Waals surface area contributed by atoms with Crippen molar-refractivity contribution in [3.63, 3.8) is 0 Å². The molecule has 0 aliphatic heterocycles. The number of amides is 1. The van der Waals surface area contributed by atoms with E-state index in [0.29, 0.717) is 10.6 Å². The summed E-state index contributed by atoms with van der Waals surface area (Å²) in [7, 11) is 0. The third-order valence-electron chi connectivity index (χ3n) is 4.92. The van der Waals surface area contributed by atoms with Crippen LogP contribution in [0.4, 0.5) is 4.39 Å². The molecule has 1 amide bonds. The van der Waals surface area contributed by atoms with Gasteiger partial charge in [0.1, 0.15) is 5.82 Å². The minimum absolute atomic E-state index is 0.112. The average Bonchev–Trinajstić information content (AvgIpc) is 3.02. The zero-order valence-electron chi connectivity index (χ0n) is 16.7. The summed E-state index contributed by atoms with van der Waals surface area (Å²) in [4.78, 5) is 12.6. The maximum Gasteiger partial charge on any atom is 0.224 e. The normalized spacial score (nSPS) is 10.9. The van der Waals surface area contributed by atoms with Crippen molar-refractivity contribution in [3.05, 3.63) is 81.9 Å². The molecule has 0 unspecified atom stereocenters. The van der Waals surface area contributed by atoms with Crippen molar-refractivity contribution in [2.75, 3.05) is 0 Å². The van der Waals surface area contributed by atoms with Crippen LogP contribution in [-0.4, -0.2) is 15.7 Å². The van der Waals surface area contributed by atoms with Crippen LogP contribution >= 0.6 is 11.6 Å². The number of rotatable bonds is 8. The third-order valence-corrected chi connectivity index (χ3v) is 5.27. The van der Waals surface area contributed by atoms with Gasteiger partial charge >= 0.3 is 0 Å². The van der Waals surface area contributed by atoms with E-state index in [1.54, 1.807) is 6.07 Å². The van der Waals surface area contributed by atoms with Crippen LogP contribution in [0.1, 0.15) is 42.3 Å². The molecule has 0 spiro atoms. The number of aromatic nitrogens is 2. The number of hydrogen-bond donors (Lipinski definition) is 1. The maximum absolute atomic E-state index is 13.2. The number of hydrogen-bond acceptors (Lipinski definition) is 2. The molecule has 0 radical (unpaired) electrons. The van der Waals surface area contributed by atoms with E-state index in [2.05, 4.69) is 12.2 Å². The van der Waals surface area contributed by atoms with Crippen LogP contribution in [-0.2, 0) is 24.2 Å². The Morgan fingerprint density at radius 2 is 1.97 bits per heavy atom. The van der Waals surface area contributed by atoms with E-state index in [-0.39, 0.29) is 18.9 Å². The number of unbranched alkanes of at least 4 members (excludes halogenated alkanes) is 1. The molecule has 0 aliphatic rings. The number of carbonyl (C=O) groups excluding carboxylic acids is 1. The lowest BCUT2D eigenvalue weighted by molar-refractivity contribution is -0.120. The summed E-state index contributed by atoms with van der Waals surface area (Å²) in [5.74, 6) is -0.506. The molecule has 29 heavy (non-hydrogen) atoms. The molecule has 3 aromatic rings. The largest absolute Gasteiger partial charge is 0.352 e. The molecule has 1 aromatic heterocycles. The minimum atomic E-state index is -0.394. The number of para-hydroxylation sites is 1. The van der Waals surface area contributed by atoms with E-state index in [4.69, 9.17) is 16.7 Å². The number of carbonyl (C=O) groups is 1. The topological polar surface area (TPSA) is 46.9 Å². The van der Waals surface area contributed by atoms with Crippen molar-refractivity contribution in [1.82, 2.24) is 15.1 Å². The number of benzene rings is 2. The highest BCUT2D eigenvalue weighted by Crippen LogP contribution is 2.21. The molecule has 2 aromatic carbocycles. The molecule has 0 saturated heterocycles. The summed E-state index contributed by atoms with van der Waals surface area (Å²) in [6.45, 7) is 4.39. The standard InChI is InChI=1S/C23H25ClFN3O/c1-3-4-10-22-20(16(2)28(27-22)19-8-6-5-7-9-19)14-23(29)26-15-17-11-12-18(25)13-21(17)24/h5-9,11-13H,3-4,10,14-15H2,1-2H3,(H,26,29). The first-order chi connectivity index (χ1) is 14.0. The summed E-state index contributed by atoms with van der Waals surface area (Å²) >= 11 is 6.05. The summed E-state index contributed by atoms with van der Waals surface area (Å²) in [5.41, 5.74) is 4.56. The van der Waals surface area contributed by atoms with Crippen LogP contribution in [0.5, 0.6) is 0 Å². The van der Waals surface area contributed by atoms with Crippen LogP contribution in [0.3, 0.4) is 0 Å². The van der Waals surface area contributed by atoms with Crippen LogP contribution in [0.15, 0.2) is 48.5 Å². The zero-order chi connectivity index (χ0) is 20.8. The highest BCUT2D eigenvalue weighted by atomic mass is 35.5. The van der Waals surface area contributed by atoms with Gasteiger partial charge in [0.15, 0.2) is 0 Å². The van der Waals surface area contributed by atoms with Gasteiger partial charge in [-0.1, -0.05) is 49.2 Å². The second-order valence-electron chi connectivity index (χ2n) is 7.05. The Balaban J connectivity index is 1.77. The van der Waals surface area contributed by atoms with Gasteiger partial charge in [0, 0.05) is 22.8 Å². The first kappa shape index (κ1) is 21.1. The van der Waals surface area contributed by atoms with Gasteiger partial charge in [-0.05, 0) is 49.6 Å². The lowest BCUT2D eigenvalue weighted by atomic mass is 10.0. The monoisotopic (exact) mass is 413 g/mol. The van der Waals surface area contributed by atoms with Gasteiger partial charge in [-0.25, -0.2) is 9.07 Å². The van der Waals surface area contributed by atoms with E-state index in [1.165, 1.54) is 12.1 Å². The smallest absolute Gasteiger partial charge is 0.224 e. The van der Waals surface area contributed by atoms with E-state index < -0.39 is 5.82 Å². The van der Waals surface area contributed by atoms with Crippen LogP contribution in [0.2, 0.25) is 5.02 Å². The highest BCUT2D eigenvalue weighted by Gasteiger charge is 2.18. The molecule has 6 heteroatoms. The first-order valence-electron chi connectivity index (χ1n) is 9.83. The Morgan fingerprint density at radius 3 is 2.66 bits per heavy atom. The lowest BCUT2D eigenvalue weighted by Gasteiger charge is -2.09. The summed E-state index contributed by atoms with van der Waals surface area (Å²) in [5, 5.41) is 7.98. The Morgan fingerprint density at radius 1 is 1.21 bits per heavy atom. The van der Waals surface area contributed by atoms with Gasteiger partial charge in [-0.2, -0.15) is 5.10 Å². The summed E-state index contributed by atoms with van der Waals surface area (Å²) in [6.07, 6.45) is 3.16. The van der Waals surface area contributed by atoms with E-state index >= 15 is 0 Å². The van der Waals surface area contributed by atoms with E-state index in [0.717, 1.165) is 41.9 Å². The summed E-state index contributed by atoms with van der Waals surface area (Å²) < 4.78 is 15.1. The van der Waals surface area contributed by atoms with Gasteiger partial charge in [0.05, 0.1) is 17.8 Å². The molecule has 3 rings (SSSR count). The Hall–Kier alpha value is -2.66. The molecule has 4 nitrogen and oxygen atoms in total. The fourth-order valence-corrected chi connectivity index (χ4v) is 3.50. The highest BCUT2D eigenvalue weighted by molar-refractivity contribution is 6.31. The molecular weight excluding hydrogens is 389 g/mol. The average molecular weight is 414 g/mol. The van der Waals surface area contributed by atoms with Gasteiger partial charge in [-0.15, -0.1) is 0 Å². The number of halogens is 2. The van der Waals surface area contributed by atoms with Crippen LogP contribution in [0.25, 0.3) is 5.69 Å². The molecule has 1 N–H and O–H groups in total. The lowest BCUT2D eigenvalue weighted by Crippen LogP contribution is -2.25. The van der Waals surface area contributed by atoms with Crippen molar-refractivity contribution in [2.24, 2.45) is 0 Å². The molecule has 152 valence electrons. The first-order valence-corrected chi connectivity index (χ1v) is 10.2. The van der Waals surface area contributed by atoms with Gasteiger partial charge < -0.3 is 5.32 Å². The van der Waals surface area contributed by atoms with Gasteiger partial charge in [0.2, 0.25) is 5.91 Å². The van der Waals surface area contributed by atoms with Crippen molar-refractivity contribution in [1.29, 1.82) is 0 Å². The molecule has 0 atom stereocenters. The predicted octanol–water partition coefficient (Wildman–Crippen LogP) is 5.17. The number of aryl methyl sites for hydroxylation is 1. The number of nitrogens with one attached hydrogen (secondary N) is 1. The molecular formula is C23H25ClFN3O. The quantitative estimate of drug-likeness (QED) is 0.553. The molecule has 0 aliphatic carbocycles. The van der Waals surface area contributed by atoms with Crippen molar-refractivity contribution >= 4 is 17.5 Å². The Kier molecular flexibility index (Phi) is 7.04. The van der Waals surface area contributed by atoms with E-state index in [1.807, 2.05) is 41.9 Å². The minimum Gasteiger partial charge on any atom is -0.352 e. The van der Waals surface area contributed by atoms with Crippen molar-refractivity contribution in [2.45, 2.75) is 46.1 Å². The second-order valence-corrected chi connectivity index (χ2v) is 7.46.